The minimum Gasteiger partial charge on any atom is -0.481 e. The molecular formula is C20H20ClNO4. The molecule has 0 saturated carbocycles. The van der Waals surface area contributed by atoms with E-state index < -0.39 is 6.10 Å². The number of esters is 1. The summed E-state index contributed by atoms with van der Waals surface area (Å²) < 4.78 is 10.6. The van der Waals surface area contributed by atoms with Crippen molar-refractivity contribution in [3.05, 3.63) is 58.6 Å². The van der Waals surface area contributed by atoms with Crippen molar-refractivity contribution in [1.82, 2.24) is 0 Å². The Morgan fingerprint density at radius 3 is 2.58 bits per heavy atom. The average Bonchev–Trinajstić information content (AvgIpc) is 2.67. The molecule has 0 spiro atoms. The van der Waals surface area contributed by atoms with E-state index in [1.807, 2.05) is 6.07 Å². The van der Waals surface area contributed by atoms with E-state index in [4.69, 9.17) is 21.1 Å². The van der Waals surface area contributed by atoms with Crippen molar-refractivity contribution in [2.24, 2.45) is 0 Å². The van der Waals surface area contributed by atoms with Crippen LogP contribution in [0.5, 0.6) is 5.75 Å². The number of amides is 1. The number of hydrogen-bond acceptors (Lipinski definition) is 4. The summed E-state index contributed by atoms with van der Waals surface area (Å²) in [6.07, 6.45) is 0.848. The number of benzene rings is 2. The zero-order valence-corrected chi connectivity index (χ0v) is 15.5. The van der Waals surface area contributed by atoms with Crippen LogP contribution in [-0.4, -0.2) is 31.6 Å². The lowest BCUT2D eigenvalue weighted by atomic mass is 9.96. The van der Waals surface area contributed by atoms with Crippen LogP contribution in [0.25, 0.3) is 0 Å². The maximum absolute atomic E-state index is 12.9. The van der Waals surface area contributed by atoms with Gasteiger partial charge in [0.2, 0.25) is 0 Å². The third-order valence-corrected chi connectivity index (χ3v) is 4.65. The van der Waals surface area contributed by atoms with Crippen LogP contribution in [0.15, 0.2) is 42.5 Å². The van der Waals surface area contributed by atoms with Gasteiger partial charge in [0.25, 0.3) is 5.91 Å². The normalized spacial score (nSPS) is 14.3. The van der Waals surface area contributed by atoms with Gasteiger partial charge in [-0.1, -0.05) is 17.7 Å². The molecule has 6 heteroatoms. The molecule has 0 radical (unpaired) electrons. The molecule has 0 aliphatic carbocycles. The van der Waals surface area contributed by atoms with Crippen molar-refractivity contribution >= 4 is 29.2 Å². The number of fused-ring (bicyclic) bond motifs is 1. The Morgan fingerprint density at radius 2 is 1.88 bits per heavy atom. The Morgan fingerprint density at radius 1 is 1.15 bits per heavy atom. The topological polar surface area (TPSA) is 55.8 Å². The molecule has 26 heavy (non-hydrogen) atoms. The molecule has 1 atom stereocenters. The van der Waals surface area contributed by atoms with Crippen molar-refractivity contribution in [2.45, 2.75) is 25.9 Å². The van der Waals surface area contributed by atoms with Crippen molar-refractivity contribution in [3.8, 4) is 5.75 Å². The van der Waals surface area contributed by atoms with Crippen molar-refractivity contribution in [3.63, 3.8) is 0 Å². The molecule has 1 amide bonds. The molecule has 0 saturated heterocycles. The molecule has 2 aromatic rings. The molecule has 1 aliphatic heterocycles. The van der Waals surface area contributed by atoms with E-state index in [0.717, 1.165) is 24.1 Å². The summed E-state index contributed by atoms with van der Waals surface area (Å²) in [6, 6.07) is 12.2. The first-order chi connectivity index (χ1) is 12.5. The SMILES string of the molecule is COC(=O)c1cccc2c1CCCN2C(=O)C(C)Oc1ccc(Cl)cc1. The summed E-state index contributed by atoms with van der Waals surface area (Å²) in [4.78, 5) is 26.6. The number of ether oxygens (including phenoxy) is 2. The van der Waals surface area contributed by atoms with Crippen molar-refractivity contribution in [2.75, 3.05) is 18.6 Å². The van der Waals surface area contributed by atoms with Crippen LogP contribution in [0.3, 0.4) is 0 Å². The van der Waals surface area contributed by atoms with Gasteiger partial charge in [-0.25, -0.2) is 4.79 Å². The van der Waals surface area contributed by atoms with Gasteiger partial charge >= 0.3 is 5.97 Å². The standard InChI is InChI=1S/C20H20ClNO4/c1-13(26-15-10-8-14(21)9-11-15)19(23)22-12-4-6-16-17(20(24)25-2)5-3-7-18(16)22/h3,5,7-11,13H,4,6,12H2,1-2H3. The number of halogens is 1. The Bertz CT molecular complexity index is 819. The highest BCUT2D eigenvalue weighted by Crippen LogP contribution is 2.31. The first-order valence-electron chi connectivity index (χ1n) is 8.45. The lowest BCUT2D eigenvalue weighted by Crippen LogP contribution is -2.43. The van der Waals surface area contributed by atoms with Gasteiger partial charge < -0.3 is 14.4 Å². The van der Waals surface area contributed by atoms with Gasteiger partial charge in [-0.05, 0) is 61.7 Å². The van der Waals surface area contributed by atoms with Crippen LogP contribution in [0.4, 0.5) is 5.69 Å². The molecular weight excluding hydrogens is 354 g/mol. The zero-order valence-electron chi connectivity index (χ0n) is 14.7. The van der Waals surface area contributed by atoms with E-state index in [9.17, 15) is 9.59 Å². The molecule has 1 unspecified atom stereocenters. The third kappa shape index (κ3) is 3.68. The summed E-state index contributed by atoms with van der Waals surface area (Å²) in [5, 5.41) is 0.608. The Kier molecular flexibility index (Phi) is 5.47. The summed E-state index contributed by atoms with van der Waals surface area (Å²) in [6.45, 7) is 2.31. The first kappa shape index (κ1) is 18.3. The van der Waals surface area contributed by atoms with Gasteiger partial charge in [0, 0.05) is 17.3 Å². The van der Waals surface area contributed by atoms with Crippen LogP contribution < -0.4 is 9.64 Å². The third-order valence-electron chi connectivity index (χ3n) is 4.40. The molecule has 0 aromatic heterocycles. The molecule has 5 nitrogen and oxygen atoms in total. The van der Waals surface area contributed by atoms with E-state index in [0.29, 0.717) is 22.9 Å². The summed E-state index contributed by atoms with van der Waals surface area (Å²) in [5.41, 5.74) is 2.10. The molecule has 0 bridgehead atoms. The fraction of sp³-hybridized carbons (Fsp3) is 0.300. The van der Waals surface area contributed by atoms with Gasteiger partial charge in [0.15, 0.2) is 6.10 Å². The van der Waals surface area contributed by atoms with Crippen LogP contribution in [0.2, 0.25) is 5.02 Å². The van der Waals surface area contributed by atoms with Crippen molar-refractivity contribution < 1.29 is 19.1 Å². The van der Waals surface area contributed by atoms with Gasteiger partial charge in [0.1, 0.15) is 5.75 Å². The summed E-state index contributed by atoms with van der Waals surface area (Å²) >= 11 is 5.87. The van der Waals surface area contributed by atoms with Crippen LogP contribution in [0, 0.1) is 0 Å². The predicted octanol–water partition coefficient (Wildman–Crippen LogP) is 3.87. The molecule has 2 aromatic carbocycles. The van der Waals surface area contributed by atoms with Crippen LogP contribution in [0.1, 0.15) is 29.3 Å². The highest BCUT2D eigenvalue weighted by molar-refractivity contribution is 6.30. The number of hydrogen-bond donors (Lipinski definition) is 0. The van der Waals surface area contributed by atoms with Crippen molar-refractivity contribution in [1.29, 1.82) is 0 Å². The van der Waals surface area contributed by atoms with Gasteiger partial charge in [-0.3, -0.25) is 4.79 Å². The second kappa shape index (κ2) is 7.79. The van der Waals surface area contributed by atoms with Crippen LogP contribution in [-0.2, 0) is 16.0 Å². The molecule has 136 valence electrons. The largest absolute Gasteiger partial charge is 0.481 e. The molecule has 0 N–H and O–H groups in total. The Hall–Kier alpha value is -2.53. The number of anilines is 1. The molecule has 3 rings (SSSR count). The van der Waals surface area contributed by atoms with Gasteiger partial charge in [-0.15, -0.1) is 0 Å². The average molecular weight is 374 g/mol. The zero-order chi connectivity index (χ0) is 18.7. The first-order valence-corrected chi connectivity index (χ1v) is 8.83. The second-order valence-corrected chi connectivity index (χ2v) is 6.54. The summed E-state index contributed by atoms with van der Waals surface area (Å²) in [5.74, 6) is 0.0420. The number of carbonyl (C=O) groups is 2. The highest BCUT2D eigenvalue weighted by atomic mass is 35.5. The highest BCUT2D eigenvalue weighted by Gasteiger charge is 2.29. The number of carbonyl (C=O) groups excluding carboxylic acids is 2. The van der Waals surface area contributed by atoms with E-state index in [-0.39, 0.29) is 11.9 Å². The minimum atomic E-state index is -0.663. The summed E-state index contributed by atoms with van der Waals surface area (Å²) in [7, 11) is 1.36. The monoisotopic (exact) mass is 373 g/mol. The lowest BCUT2D eigenvalue weighted by molar-refractivity contribution is -0.124. The lowest BCUT2D eigenvalue weighted by Gasteiger charge is -2.32. The van der Waals surface area contributed by atoms with E-state index in [1.165, 1.54) is 7.11 Å². The fourth-order valence-corrected chi connectivity index (χ4v) is 3.27. The number of nitrogens with zero attached hydrogens (tertiary/aromatic N) is 1. The molecule has 1 aliphatic rings. The quantitative estimate of drug-likeness (QED) is 0.763. The van der Waals surface area contributed by atoms with Crippen LogP contribution >= 0.6 is 11.6 Å². The maximum Gasteiger partial charge on any atom is 0.338 e. The fourth-order valence-electron chi connectivity index (χ4n) is 3.14. The van der Waals surface area contributed by atoms with E-state index in [1.54, 1.807) is 48.2 Å². The van der Waals surface area contributed by atoms with E-state index >= 15 is 0 Å². The molecule has 0 fully saturated rings. The number of rotatable bonds is 4. The predicted molar refractivity (Wildman–Crippen MR) is 100.0 cm³/mol. The molecule has 1 heterocycles. The smallest absolute Gasteiger partial charge is 0.338 e. The van der Waals surface area contributed by atoms with E-state index in [2.05, 4.69) is 0 Å². The second-order valence-electron chi connectivity index (χ2n) is 6.10. The maximum atomic E-state index is 12.9. The number of methoxy groups -OCH3 is 1. The Labute approximate surface area is 157 Å². The minimum absolute atomic E-state index is 0.150. The Balaban J connectivity index is 1.83. The van der Waals surface area contributed by atoms with Gasteiger partial charge in [0.05, 0.1) is 12.7 Å². The van der Waals surface area contributed by atoms with Gasteiger partial charge in [-0.2, -0.15) is 0 Å².